The molecule has 0 saturated heterocycles. The zero-order chi connectivity index (χ0) is 7.72. The lowest BCUT2D eigenvalue weighted by Gasteiger charge is -2.15. The number of azo groups is 1. The van der Waals surface area contributed by atoms with Crippen LogP contribution in [0.4, 0.5) is 0 Å². The molecule has 0 radical (unpaired) electrons. The van der Waals surface area contributed by atoms with Crippen LogP contribution in [0.3, 0.4) is 0 Å². The highest BCUT2D eigenvalue weighted by Crippen LogP contribution is 2.06. The summed E-state index contributed by atoms with van der Waals surface area (Å²) in [7, 11) is 0. The summed E-state index contributed by atoms with van der Waals surface area (Å²) < 4.78 is 0. The first kappa shape index (κ1) is 6.97. The number of hydrogen-bond donors (Lipinski definition) is 1. The van der Waals surface area contributed by atoms with Gasteiger partial charge in [0, 0.05) is 0 Å². The van der Waals surface area contributed by atoms with E-state index in [-0.39, 0.29) is 10.8 Å². The third-order valence-corrected chi connectivity index (χ3v) is 1.21. The van der Waals surface area contributed by atoms with Crippen LogP contribution in [0.1, 0.15) is 0 Å². The van der Waals surface area contributed by atoms with Crippen molar-refractivity contribution in [2.45, 2.75) is 0 Å². The number of carbonyl (C=O) groups excluding carboxylic acids is 1. The Labute approximate surface area is 62.2 Å². The number of thiocarbonyl (C=S) groups is 1. The Bertz CT molecular complexity index is 246. The average molecular weight is 156 g/mol. The number of rotatable bonds is 0. The molecule has 1 rings (SSSR count). The van der Waals surface area contributed by atoms with E-state index in [0.29, 0.717) is 0 Å². The topological polar surface area (TPSA) is 71.1 Å². The van der Waals surface area contributed by atoms with Crippen LogP contribution in [0.15, 0.2) is 22.5 Å². The molecule has 0 saturated carbocycles. The minimum atomic E-state index is -0.514. The van der Waals surface area contributed by atoms with Gasteiger partial charge < -0.3 is 0 Å². The maximum absolute atomic E-state index is 10.8. The summed E-state index contributed by atoms with van der Waals surface area (Å²) in [6.07, 6.45) is 0. The van der Waals surface area contributed by atoms with Gasteiger partial charge in [-0.25, -0.2) is 10.9 Å². The van der Waals surface area contributed by atoms with Gasteiger partial charge in [-0.2, -0.15) is 0 Å². The second-order valence-corrected chi connectivity index (χ2v) is 1.97. The van der Waals surface area contributed by atoms with Crippen LogP contribution in [0.5, 0.6) is 0 Å². The standard InChI is InChI=1S/C4H4N4OS/c1-2-3(9)8(5)4(10)7-6-2/h1,5H2. The third kappa shape index (κ3) is 0.937. The van der Waals surface area contributed by atoms with Crippen LogP contribution in [0.2, 0.25) is 0 Å². The van der Waals surface area contributed by atoms with Gasteiger partial charge in [-0.3, -0.25) is 4.79 Å². The van der Waals surface area contributed by atoms with Crippen molar-refractivity contribution in [2.24, 2.45) is 16.1 Å². The third-order valence-electron chi connectivity index (χ3n) is 0.928. The van der Waals surface area contributed by atoms with E-state index in [2.05, 4.69) is 29.0 Å². The molecular formula is C4H4N4OS. The first-order valence-electron chi connectivity index (χ1n) is 2.36. The van der Waals surface area contributed by atoms with E-state index in [1.807, 2.05) is 0 Å². The highest BCUT2D eigenvalue weighted by Gasteiger charge is 2.21. The molecular weight excluding hydrogens is 152 g/mol. The van der Waals surface area contributed by atoms with Crippen LogP contribution in [-0.4, -0.2) is 16.0 Å². The number of amides is 1. The van der Waals surface area contributed by atoms with Gasteiger partial charge >= 0.3 is 0 Å². The molecule has 0 aromatic heterocycles. The van der Waals surface area contributed by atoms with Gasteiger partial charge in [0.2, 0.25) is 5.11 Å². The highest BCUT2D eigenvalue weighted by atomic mass is 32.1. The first-order chi connectivity index (χ1) is 4.63. The summed E-state index contributed by atoms with van der Waals surface area (Å²) in [4.78, 5) is 10.8. The van der Waals surface area contributed by atoms with Crippen molar-refractivity contribution in [2.75, 3.05) is 0 Å². The van der Waals surface area contributed by atoms with Crippen molar-refractivity contribution in [3.05, 3.63) is 12.3 Å². The van der Waals surface area contributed by atoms with E-state index in [1.165, 1.54) is 0 Å². The fourth-order valence-electron chi connectivity index (χ4n) is 0.420. The molecule has 5 nitrogen and oxygen atoms in total. The van der Waals surface area contributed by atoms with Crippen LogP contribution in [0, 0.1) is 0 Å². The molecule has 1 aliphatic heterocycles. The van der Waals surface area contributed by atoms with E-state index in [1.54, 1.807) is 0 Å². The van der Waals surface area contributed by atoms with Crippen LogP contribution < -0.4 is 5.84 Å². The summed E-state index contributed by atoms with van der Waals surface area (Å²) in [6.45, 7) is 3.29. The van der Waals surface area contributed by atoms with E-state index in [4.69, 9.17) is 5.84 Å². The Balaban J connectivity index is 3.00. The smallest absolute Gasteiger partial charge is 0.265 e. The maximum Gasteiger partial charge on any atom is 0.294 e. The zero-order valence-electron chi connectivity index (χ0n) is 4.94. The normalized spacial score (nSPS) is 18.5. The Morgan fingerprint density at radius 3 is 2.70 bits per heavy atom. The molecule has 0 aromatic carbocycles. The van der Waals surface area contributed by atoms with Crippen molar-refractivity contribution in [1.29, 1.82) is 0 Å². The molecule has 0 aromatic rings. The molecule has 0 aliphatic carbocycles. The molecule has 52 valence electrons. The molecule has 0 spiro atoms. The Hall–Kier alpha value is -1.14. The molecule has 2 N–H and O–H groups in total. The second-order valence-electron chi connectivity index (χ2n) is 1.60. The molecule has 6 heteroatoms. The minimum absolute atomic E-state index is 0.00361. The van der Waals surface area contributed by atoms with Gasteiger partial charge in [-0.1, -0.05) is 6.58 Å². The SMILES string of the molecule is C=C1N=NC(=S)N(N)C1=O. The summed E-state index contributed by atoms with van der Waals surface area (Å²) >= 11 is 4.54. The first-order valence-corrected chi connectivity index (χ1v) is 2.77. The molecule has 0 unspecified atom stereocenters. The number of carbonyl (C=O) groups is 1. The Morgan fingerprint density at radius 1 is 1.60 bits per heavy atom. The molecule has 1 heterocycles. The van der Waals surface area contributed by atoms with Crippen molar-refractivity contribution < 1.29 is 4.79 Å². The monoisotopic (exact) mass is 156 g/mol. The Morgan fingerprint density at radius 2 is 2.20 bits per heavy atom. The van der Waals surface area contributed by atoms with Crippen molar-refractivity contribution in [3.63, 3.8) is 0 Å². The van der Waals surface area contributed by atoms with E-state index in [9.17, 15) is 4.79 Å². The number of hydrogen-bond acceptors (Lipinski definition) is 4. The van der Waals surface area contributed by atoms with Gasteiger partial charge in [-0.15, -0.1) is 10.2 Å². The van der Waals surface area contributed by atoms with Crippen LogP contribution in [0.25, 0.3) is 0 Å². The van der Waals surface area contributed by atoms with Gasteiger partial charge in [0.05, 0.1) is 0 Å². The summed E-state index contributed by atoms with van der Waals surface area (Å²) in [5, 5.41) is 7.42. The number of nitrogens with two attached hydrogens (primary N) is 1. The molecule has 10 heavy (non-hydrogen) atoms. The predicted octanol–water partition coefficient (Wildman–Crippen LogP) is -0.0469. The van der Waals surface area contributed by atoms with Crippen molar-refractivity contribution in [1.82, 2.24) is 5.01 Å². The quantitative estimate of drug-likeness (QED) is 0.231. The average Bonchev–Trinajstić information content (AvgIpc) is 1.93. The lowest BCUT2D eigenvalue weighted by molar-refractivity contribution is -0.124. The summed E-state index contributed by atoms with van der Waals surface area (Å²) in [5.74, 6) is 4.63. The fraction of sp³-hybridized carbons (Fsp3) is 0. The molecule has 0 fully saturated rings. The lowest BCUT2D eigenvalue weighted by atomic mass is 10.4. The number of nitrogens with zero attached hydrogens (tertiary/aromatic N) is 3. The lowest BCUT2D eigenvalue weighted by Crippen LogP contribution is -2.42. The fourth-order valence-corrected chi connectivity index (χ4v) is 0.544. The molecule has 0 bridgehead atoms. The number of hydrazine groups is 1. The van der Waals surface area contributed by atoms with Crippen LogP contribution >= 0.6 is 12.2 Å². The van der Waals surface area contributed by atoms with E-state index < -0.39 is 5.91 Å². The summed E-state index contributed by atoms with van der Waals surface area (Å²) in [6, 6.07) is 0. The van der Waals surface area contributed by atoms with Gasteiger partial charge in [0.1, 0.15) is 5.70 Å². The Kier molecular flexibility index (Phi) is 1.56. The second kappa shape index (κ2) is 2.24. The largest absolute Gasteiger partial charge is 0.294 e. The molecule has 0 atom stereocenters. The minimum Gasteiger partial charge on any atom is -0.265 e. The van der Waals surface area contributed by atoms with E-state index in [0.717, 1.165) is 5.01 Å². The predicted molar refractivity (Wildman–Crippen MR) is 37.6 cm³/mol. The zero-order valence-corrected chi connectivity index (χ0v) is 5.76. The summed E-state index contributed by atoms with van der Waals surface area (Å²) in [5.41, 5.74) is -0.00361. The maximum atomic E-state index is 10.8. The van der Waals surface area contributed by atoms with E-state index >= 15 is 0 Å². The van der Waals surface area contributed by atoms with Crippen molar-refractivity contribution in [3.8, 4) is 0 Å². The van der Waals surface area contributed by atoms with Gasteiger partial charge in [-0.05, 0) is 12.2 Å². The van der Waals surface area contributed by atoms with Crippen molar-refractivity contribution >= 4 is 23.2 Å². The van der Waals surface area contributed by atoms with Gasteiger partial charge in [0.15, 0.2) is 0 Å². The van der Waals surface area contributed by atoms with Gasteiger partial charge in [0.25, 0.3) is 5.91 Å². The molecule has 1 aliphatic rings. The van der Waals surface area contributed by atoms with Crippen LogP contribution in [-0.2, 0) is 4.79 Å². The molecule has 1 amide bonds. The highest BCUT2D eigenvalue weighted by molar-refractivity contribution is 7.80.